The van der Waals surface area contributed by atoms with Crippen LogP contribution in [0.25, 0.3) is 0 Å². The van der Waals surface area contributed by atoms with Gasteiger partial charge in [-0.2, -0.15) is 4.31 Å². The van der Waals surface area contributed by atoms with Crippen LogP contribution in [0.2, 0.25) is 0 Å². The van der Waals surface area contributed by atoms with E-state index in [2.05, 4.69) is 10.5 Å². The molecular formula is C20H29N3O5S. The molecule has 2 rings (SSSR count). The van der Waals surface area contributed by atoms with E-state index in [0.29, 0.717) is 36.5 Å². The highest BCUT2D eigenvalue weighted by molar-refractivity contribution is 7.89. The summed E-state index contributed by atoms with van der Waals surface area (Å²) in [4.78, 5) is 12.7. The molecule has 1 aromatic carbocycles. The summed E-state index contributed by atoms with van der Waals surface area (Å²) in [6, 6.07) is 5.23. The van der Waals surface area contributed by atoms with Crippen LogP contribution in [0.3, 0.4) is 0 Å². The zero-order valence-corrected chi connectivity index (χ0v) is 18.4. The third-order valence-electron chi connectivity index (χ3n) is 4.32. The zero-order chi connectivity index (χ0) is 21.6. The van der Waals surface area contributed by atoms with Gasteiger partial charge in [-0.05, 0) is 52.2 Å². The Kier molecular flexibility index (Phi) is 7.95. The van der Waals surface area contributed by atoms with Gasteiger partial charge in [-0.15, -0.1) is 0 Å². The monoisotopic (exact) mass is 423 g/mol. The number of rotatable bonds is 10. The Morgan fingerprint density at radius 3 is 2.38 bits per heavy atom. The fourth-order valence-corrected chi connectivity index (χ4v) is 5.09. The second kappa shape index (κ2) is 10.00. The second-order valence-electron chi connectivity index (χ2n) is 6.99. The molecule has 0 unspecified atom stereocenters. The smallest absolute Gasteiger partial charge is 0.244 e. The number of amides is 1. The number of nitrogens with one attached hydrogen (secondary N) is 1. The molecule has 2 aromatic rings. The van der Waals surface area contributed by atoms with Crippen molar-refractivity contribution in [1.29, 1.82) is 0 Å². The SMILES string of the molecule is CCOCCCN(CC(=O)Nc1cc(C)on1)S(=O)(=O)c1c(C)cc(C)cc1C. The van der Waals surface area contributed by atoms with E-state index in [9.17, 15) is 13.2 Å². The summed E-state index contributed by atoms with van der Waals surface area (Å²) in [6.07, 6.45) is 0.480. The number of carbonyl (C=O) groups excluding carboxylic acids is 1. The molecule has 1 heterocycles. The summed E-state index contributed by atoms with van der Waals surface area (Å²) in [6.45, 7) is 9.84. The average Bonchev–Trinajstić information content (AvgIpc) is 3.01. The number of hydrogen-bond acceptors (Lipinski definition) is 6. The summed E-state index contributed by atoms with van der Waals surface area (Å²) in [5.74, 6) is 0.315. The number of aromatic nitrogens is 1. The predicted molar refractivity (Wildman–Crippen MR) is 110 cm³/mol. The molecule has 0 saturated carbocycles. The van der Waals surface area contributed by atoms with E-state index in [1.165, 1.54) is 4.31 Å². The molecule has 0 saturated heterocycles. The van der Waals surface area contributed by atoms with Crippen LogP contribution in [-0.2, 0) is 19.6 Å². The Bertz CT molecular complexity index is 930. The fourth-order valence-electron chi connectivity index (χ4n) is 3.24. The number of anilines is 1. The summed E-state index contributed by atoms with van der Waals surface area (Å²) in [7, 11) is -3.88. The third kappa shape index (κ3) is 6.12. The van der Waals surface area contributed by atoms with E-state index < -0.39 is 15.9 Å². The van der Waals surface area contributed by atoms with Gasteiger partial charge in [0.1, 0.15) is 5.76 Å². The van der Waals surface area contributed by atoms with Crippen molar-refractivity contribution in [2.45, 2.75) is 45.9 Å². The predicted octanol–water partition coefficient (Wildman–Crippen LogP) is 2.96. The molecule has 1 aromatic heterocycles. The molecule has 0 spiro atoms. The lowest BCUT2D eigenvalue weighted by Crippen LogP contribution is -2.39. The van der Waals surface area contributed by atoms with Gasteiger partial charge in [-0.25, -0.2) is 8.42 Å². The largest absolute Gasteiger partial charge is 0.382 e. The molecule has 1 amide bonds. The number of nitrogens with zero attached hydrogens (tertiary/aromatic N) is 2. The Morgan fingerprint density at radius 1 is 1.17 bits per heavy atom. The van der Waals surface area contributed by atoms with E-state index in [-0.39, 0.29) is 23.8 Å². The molecule has 29 heavy (non-hydrogen) atoms. The van der Waals surface area contributed by atoms with Gasteiger partial charge in [-0.3, -0.25) is 4.79 Å². The lowest BCUT2D eigenvalue weighted by atomic mass is 10.1. The van der Waals surface area contributed by atoms with Crippen molar-refractivity contribution in [3.05, 3.63) is 40.6 Å². The first-order valence-electron chi connectivity index (χ1n) is 9.54. The van der Waals surface area contributed by atoms with Gasteiger partial charge in [0.2, 0.25) is 15.9 Å². The lowest BCUT2D eigenvalue weighted by molar-refractivity contribution is -0.116. The number of benzene rings is 1. The maximum atomic E-state index is 13.4. The van der Waals surface area contributed by atoms with Gasteiger partial charge in [-0.1, -0.05) is 22.9 Å². The quantitative estimate of drug-likeness (QED) is 0.590. The first kappa shape index (κ1) is 23.1. The highest BCUT2D eigenvalue weighted by Crippen LogP contribution is 2.25. The molecule has 1 N–H and O–H groups in total. The molecule has 0 aliphatic carbocycles. The molecule has 0 bridgehead atoms. The highest BCUT2D eigenvalue weighted by atomic mass is 32.2. The topological polar surface area (TPSA) is 102 Å². The summed E-state index contributed by atoms with van der Waals surface area (Å²) >= 11 is 0. The highest BCUT2D eigenvalue weighted by Gasteiger charge is 2.29. The average molecular weight is 424 g/mol. The van der Waals surface area contributed by atoms with Crippen LogP contribution >= 0.6 is 0 Å². The van der Waals surface area contributed by atoms with Crippen molar-refractivity contribution >= 4 is 21.7 Å². The Morgan fingerprint density at radius 2 is 1.83 bits per heavy atom. The van der Waals surface area contributed by atoms with E-state index in [1.54, 1.807) is 26.8 Å². The molecule has 0 aliphatic rings. The normalized spacial score (nSPS) is 11.8. The van der Waals surface area contributed by atoms with Crippen molar-refractivity contribution < 1.29 is 22.5 Å². The maximum absolute atomic E-state index is 13.4. The Balaban J connectivity index is 2.27. The molecule has 0 aliphatic heterocycles. The minimum Gasteiger partial charge on any atom is -0.382 e. The summed E-state index contributed by atoms with van der Waals surface area (Å²) in [5.41, 5.74) is 2.30. The van der Waals surface area contributed by atoms with Crippen LogP contribution in [0.5, 0.6) is 0 Å². The van der Waals surface area contributed by atoms with Gasteiger partial charge in [0.15, 0.2) is 5.82 Å². The van der Waals surface area contributed by atoms with E-state index in [1.807, 2.05) is 26.0 Å². The Hall–Kier alpha value is -2.23. The number of aryl methyl sites for hydroxylation is 4. The van der Waals surface area contributed by atoms with Crippen LogP contribution in [0, 0.1) is 27.7 Å². The minimum atomic E-state index is -3.88. The zero-order valence-electron chi connectivity index (χ0n) is 17.6. The van der Waals surface area contributed by atoms with Crippen molar-refractivity contribution in [1.82, 2.24) is 9.46 Å². The Labute approximate surface area is 172 Å². The van der Waals surface area contributed by atoms with Crippen LogP contribution in [0.15, 0.2) is 27.6 Å². The molecule has 0 atom stereocenters. The van der Waals surface area contributed by atoms with Gasteiger partial charge >= 0.3 is 0 Å². The van der Waals surface area contributed by atoms with Crippen molar-refractivity contribution in [2.75, 3.05) is 31.6 Å². The summed E-state index contributed by atoms with van der Waals surface area (Å²) in [5, 5.41) is 6.29. The van der Waals surface area contributed by atoms with Gasteiger partial charge in [0.25, 0.3) is 0 Å². The van der Waals surface area contributed by atoms with Gasteiger partial charge in [0.05, 0.1) is 11.4 Å². The summed E-state index contributed by atoms with van der Waals surface area (Å²) < 4.78 is 38.3. The fraction of sp³-hybridized carbons (Fsp3) is 0.500. The maximum Gasteiger partial charge on any atom is 0.244 e. The van der Waals surface area contributed by atoms with Crippen molar-refractivity contribution in [2.24, 2.45) is 0 Å². The number of sulfonamides is 1. The van der Waals surface area contributed by atoms with Crippen LogP contribution < -0.4 is 5.32 Å². The van der Waals surface area contributed by atoms with Crippen molar-refractivity contribution in [3.63, 3.8) is 0 Å². The van der Waals surface area contributed by atoms with Crippen LogP contribution in [0.4, 0.5) is 5.82 Å². The minimum absolute atomic E-state index is 0.167. The molecule has 8 nitrogen and oxygen atoms in total. The number of carbonyl (C=O) groups is 1. The van der Waals surface area contributed by atoms with Crippen LogP contribution in [-0.4, -0.2) is 50.1 Å². The van der Waals surface area contributed by atoms with Gasteiger partial charge < -0.3 is 14.6 Å². The van der Waals surface area contributed by atoms with E-state index in [0.717, 1.165) is 5.56 Å². The number of ether oxygens (including phenoxy) is 1. The van der Waals surface area contributed by atoms with Crippen LogP contribution in [0.1, 0.15) is 35.8 Å². The first-order valence-corrected chi connectivity index (χ1v) is 11.0. The standard InChI is InChI=1S/C20H29N3O5S/c1-6-27-9-7-8-23(13-19(24)21-18-12-17(5)28-22-18)29(25,26)20-15(3)10-14(2)11-16(20)4/h10-12H,6-9,13H2,1-5H3,(H,21,22,24). The first-order chi connectivity index (χ1) is 13.6. The van der Waals surface area contributed by atoms with Gasteiger partial charge in [0, 0.05) is 25.8 Å². The molecule has 9 heteroatoms. The molecule has 0 radical (unpaired) electrons. The van der Waals surface area contributed by atoms with Crippen molar-refractivity contribution in [3.8, 4) is 0 Å². The second-order valence-corrected chi connectivity index (χ2v) is 8.86. The van der Waals surface area contributed by atoms with E-state index >= 15 is 0 Å². The molecule has 0 fully saturated rings. The van der Waals surface area contributed by atoms with E-state index in [4.69, 9.17) is 9.26 Å². The number of hydrogen-bond donors (Lipinski definition) is 1. The lowest BCUT2D eigenvalue weighted by Gasteiger charge is -2.24. The third-order valence-corrected chi connectivity index (χ3v) is 6.47. The molecular weight excluding hydrogens is 394 g/mol. The molecule has 160 valence electrons.